The second kappa shape index (κ2) is 9.16. The average molecular weight is 248 g/mol. The van der Waals surface area contributed by atoms with Crippen molar-refractivity contribution in [2.75, 3.05) is 20.3 Å². The summed E-state index contributed by atoms with van der Waals surface area (Å²) < 4.78 is 16.6. The standard InChI is InChI=1S/C12H28O3Si/c1-6-9-12(13-3)14-10-8-11-16(4,5)15-7-2/h12H,6-11H2,1-5H3. The molecule has 1 unspecified atom stereocenters. The summed E-state index contributed by atoms with van der Waals surface area (Å²) in [6.45, 7) is 10.3. The van der Waals surface area contributed by atoms with E-state index in [1.165, 1.54) is 0 Å². The van der Waals surface area contributed by atoms with Gasteiger partial charge in [-0.05, 0) is 38.9 Å². The van der Waals surface area contributed by atoms with Crippen molar-refractivity contribution in [1.29, 1.82) is 0 Å². The first-order chi connectivity index (χ1) is 7.55. The highest BCUT2D eigenvalue weighted by Gasteiger charge is 2.20. The molecule has 0 N–H and O–H groups in total. The van der Waals surface area contributed by atoms with Crippen LogP contribution in [0.4, 0.5) is 0 Å². The topological polar surface area (TPSA) is 27.7 Å². The molecule has 0 spiro atoms. The lowest BCUT2D eigenvalue weighted by atomic mass is 10.3. The van der Waals surface area contributed by atoms with Crippen LogP contribution in [0.5, 0.6) is 0 Å². The van der Waals surface area contributed by atoms with Gasteiger partial charge in [-0.15, -0.1) is 0 Å². The fourth-order valence-electron chi connectivity index (χ4n) is 1.68. The Kier molecular flexibility index (Phi) is 9.22. The molecule has 0 heterocycles. The van der Waals surface area contributed by atoms with Gasteiger partial charge >= 0.3 is 0 Å². The van der Waals surface area contributed by atoms with Crippen LogP contribution in [-0.2, 0) is 13.9 Å². The van der Waals surface area contributed by atoms with Crippen LogP contribution >= 0.6 is 0 Å². The molecule has 0 radical (unpaired) electrons. The molecule has 0 aliphatic heterocycles. The summed E-state index contributed by atoms with van der Waals surface area (Å²) in [4.78, 5) is 0. The van der Waals surface area contributed by atoms with Crippen LogP contribution in [-0.4, -0.2) is 34.9 Å². The maximum atomic E-state index is 5.76. The number of rotatable bonds is 10. The highest BCUT2D eigenvalue weighted by atomic mass is 28.4. The van der Waals surface area contributed by atoms with Gasteiger partial charge in [0.2, 0.25) is 0 Å². The van der Waals surface area contributed by atoms with Gasteiger partial charge in [0.1, 0.15) is 0 Å². The maximum absolute atomic E-state index is 5.76. The molecule has 16 heavy (non-hydrogen) atoms. The fraction of sp³-hybridized carbons (Fsp3) is 1.00. The predicted molar refractivity (Wildman–Crippen MR) is 70.2 cm³/mol. The Morgan fingerprint density at radius 3 is 2.38 bits per heavy atom. The summed E-state index contributed by atoms with van der Waals surface area (Å²) in [6, 6.07) is 1.16. The van der Waals surface area contributed by atoms with Crippen molar-refractivity contribution >= 4 is 8.32 Å². The van der Waals surface area contributed by atoms with Gasteiger partial charge in [0, 0.05) is 20.3 Å². The van der Waals surface area contributed by atoms with Gasteiger partial charge in [0.15, 0.2) is 14.6 Å². The molecule has 0 bridgehead atoms. The molecule has 98 valence electrons. The lowest BCUT2D eigenvalue weighted by Crippen LogP contribution is -2.30. The zero-order valence-corrected chi connectivity index (χ0v) is 12.5. The lowest BCUT2D eigenvalue weighted by Gasteiger charge is -2.22. The highest BCUT2D eigenvalue weighted by Crippen LogP contribution is 2.14. The SMILES string of the molecule is CCCC(OC)OCCC[Si](C)(C)OCC. The predicted octanol–water partition coefficient (Wildman–Crippen LogP) is 3.41. The Bertz CT molecular complexity index is 162. The van der Waals surface area contributed by atoms with Crippen molar-refractivity contribution in [1.82, 2.24) is 0 Å². The molecule has 0 rings (SSSR count). The minimum absolute atomic E-state index is 0.0260. The van der Waals surface area contributed by atoms with Gasteiger partial charge in [-0.2, -0.15) is 0 Å². The fourth-order valence-corrected chi connectivity index (χ4v) is 3.60. The monoisotopic (exact) mass is 248 g/mol. The Balaban J connectivity index is 3.57. The molecule has 0 amide bonds. The van der Waals surface area contributed by atoms with Crippen molar-refractivity contribution in [3.63, 3.8) is 0 Å². The smallest absolute Gasteiger partial charge is 0.186 e. The molecule has 0 saturated carbocycles. The van der Waals surface area contributed by atoms with Gasteiger partial charge < -0.3 is 13.9 Å². The van der Waals surface area contributed by atoms with E-state index in [0.29, 0.717) is 0 Å². The van der Waals surface area contributed by atoms with Gasteiger partial charge in [0.05, 0.1) is 0 Å². The summed E-state index contributed by atoms with van der Waals surface area (Å²) in [6.07, 6.45) is 3.12. The van der Waals surface area contributed by atoms with Crippen LogP contribution in [0.3, 0.4) is 0 Å². The summed E-state index contributed by atoms with van der Waals surface area (Å²) in [5, 5.41) is 0. The first kappa shape index (κ1) is 16.1. The van der Waals surface area contributed by atoms with E-state index >= 15 is 0 Å². The number of hydrogen-bond acceptors (Lipinski definition) is 3. The third kappa shape index (κ3) is 8.27. The third-order valence-electron chi connectivity index (χ3n) is 2.55. The van der Waals surface area contributed by atoms with Crippen molar-refractivity contribution in [3.05, 3.63) is 0 Å². The average Bonchev–Trinajstić information content (AvgIpc) is 2.22. The number of methoxy groups -OCH3 is 1. The van der Waals surface area contributed by atoms with Crippen LogP contribution in [0.25, 0.3) is 0 Å². The molecule has 1 atom stereocenters. The van der Waals surface area contributed by atoms with E-state index in [2.05, 4.69) is 26.9 Å². The van der Waals surface area contributed by atoms with Gasteiger partial charge in [-0.25, -0.2) is 0 Å². The van der Waals surface area contributed by atoms with Gasteiger partial charge in [-0.3, -0.25) is 0 Å². The van der Waals surface area contributed by atoms with E-state index in [4.69, 9.17) is 13.9 Å². The first-order valence-electron chi connectivity index (χ1n) is 6.34. The summed E-state index contributed by atoms with van der Waals surface area (Å²) >= 11 is 0. The van der Waals surface area contributed by atoms with Crippen molar-refractivity contribution in [2.24, 2.45) is 0 Å². The van der Waals surface area contributed by atoms with E-state index in [0.717, 1.165) is 38.5 Å². The highest BCUT2D eigenvalue weighted by molar-refractivity contribution is 6.71. The second-order valence-electron chi connectivity index (χ2n) is 4.62. The van der Waals surface area contributed by atoms with E-state index in [1.807, 2.05) is 0 Å². The van der Waals surface area contributed by atoms with E-state index in [-0.39, 0.29) is 6.29 Å². The molecule has 0 aliphatic carbocycles. The third-order valence-corrected chi connectivity index (χ3v) is 5.18. The van der Waals surface area contributed by atoms with Crippen LogP contribution in [0.2, 0.25) is 19.1 Å². The Morgan fingerprint density at radius 1 is 1.19 bits per heavy atom. The van der Waals surface area contributed by atoms with Crippen LogP contribution < -0.4 is 0 Å². The van der Waals surface area contributed by atoms with E-state index in [9.17, 15) is 0 Å². The van der Waals surface area contributed by atoms with E-state index < -0.39 is 8.32 Å². The Hall–Kier alpha value is 0.0969. The largest absolute Gasteiger partial charge is 0.418 e. The van der Waals surface area contributed by atoms with Crippen molar-refractivity contribution < 1.29 is 13.9 Å². The Labute approximate surface area is 102 Å². The maximum Gasteiger partial charge on any atom is 0.186 e. The Morgan fingerprint density at radius 2 is 1.88 bits per heavy atom. The molecular weight excluding hydrogens is 220 g/mol. The van der Waals surface area contributed by atoms with E-state index in [1.54, 1.807) is 7.11 Å². The van der Waals surface area contributed by atoms with Gasteiger partial charge in [-0.1, -0.05) is 13.3 Å². The number of hydrogen-bond donors (Lipinski definition) is 0. The van der Waals surface area contributed by atoms with Crippen molar-refractivity contribution in [3.8, 4) is 0 Å². The minimum Gasteiger partial charge on any atom is -0.418 e. The molecule has 0 aromatic heterocycles. The summed E-state index contributed by atoms with van der Waals surface area (Å²) in [5.74, 6) is 0. The first-order valence-corrected chi connectivity index (χ1v) is 9.45. The molecule has 0 fully saturated rings. The molecule has 0 saturated heterocycles. The molecule has 0 aromatic carbocycles. The molecule has 0 aliphatic rings. The molecular formula is C12H28O3Si. The van der Waals surface area contributed by atoms with Crippen LogP contribution in [0.1, 0.15) is 33.1 Å². The minimum atomic E-state index is -1.42. The van der Waals surface area contributed by atoms with Crippen molar-refractivity contribution in [2.45, 2.75) is 58.5 Å². The van der Waals surface area contributed by atoms with Crippen LogP contribution in [0.15, 0.2) is 0 Å². The molecule has 0 aromatic rings. The van der Waals surface area contributed by atoms with Gasteiger partial charge in [0.25, 0.3) is 0 Å². The summed E-state index contributed by atoms with van der Waals surface area (Å²) in [7, 11) is 0.283. The zero-order chi connectivity index (χ0) is 12.4. The normalized spacial score (nSPS) is 14.1. The van der Waals surface area contributed by atoms with Crippen LogP contribution in [0, 0.1) is 0 Å². The quantitative estimate of drug-likeness (QED) is 0.337. The molecule has 3 nitrogen and oxygen atoms in total. The summed E-state index contributed by atoms with van der Waals surface area (Å²) in [5.41, 5.74) is 0. The zero-order valence-electron chi connectivity index (χ0n) is 11.5. The second-order valence-corrected chi connectivity index (χ2v) is 8.93. The number of ether oxygens (including phenoxy) is 2. The molecule has 4 heteroatoms. The lowest BCUT2D eigenvalue weighted by molar-refractivity contribution is -0.127.